The van der Waals surface area contributed by atoms with E-state index in [1.807, 2.05) is 0 Å². The summed E-state index contributed by atoms with van der Waals surface area (Å²) in [4.78, 5) is 0. The van der Waals surface area contributed by atoms with E-state index in [1.54, 1.807) is 0 Å². The monoisotopic (exact) mass is 187 g/mol. The number of piperidine rings is 1. The van der Waals surface area contributed by atoms with Crippen LogP contribution < -0.4 is 5.32 Å². The molecule has 0 radical (unpaired) electrons. The minimum absolute atomic E-state index is 0.185. The highest BCUT2D eigenvalue weighted by molar-refractivity contribution is 4.91. The molecule has 0 spiro atoms. The molecule has 1 aliphatic heterocycles. The third-order valence-electron chi connectivity index (χ3n) is 3.68. The van der Waals surface area contributed by atoms with Crippen LogP contribution in [0.3, 0.4) is 0 Å². The average Bonchev–Trinajstić information content (AvgIpc) is 2.16. The zero-order valence-corrected chi connectivity index (χ0v) is 9.07. The first-order chi connectivity index (χ1) is 6.10. The van der Waals surface area contributed by atoms with Gasteiger partial charge in [0.2, 0.25) is 0 Å². The van der Waals surface area contributed by atoms with E-state index in [0.29, 0.717) is 12.5 Å². The number of alkyl halides is 1. The Kier molecular flexibility index (Phi) is 3.72. The molecule has 1 fully saturated rings. The fourth-order valence-corrected chi connectivity index (χ4v) is 2.14. The quantitative estimate of drug-likeness (QED) is 0.716. The van der Waals surface area contributed by atoms with Gasteiger partial charge < -0.3 is 5.32 Å². The summed E-state index contributed by atoms with van der Waals surface area (Å²) in [6.45, 7) is 7.89. The number of rotatable bonds is 3. The van der Waals surface area contributed by atoms with Crippen molar-refractivity contribution in [1.82, 2.24) is 5.32 Å². The highest BCUT2D eigenvalue weighted by Gasteiger charge is 2.39. The molecule has 0 bridgehead atoms. The topological polar surface area (TPSA) is 12.0 Å². The van der Waals surface area contributed by atoms with Gasteiger partial charge in [-0.05, 0) is 31.2 Å². The van der Waals surface area contributed by atoms with Crippen molar-refractivity contribution in [3.05, 3.63) is 0 Å². The van der Waals surface area contributed by atoms with Gasteiger partial charge in [-0.3, -0.25) is 0 Å². The molecule has 1 aliphatic rings. The van der Waals surface area contributed by atoms with Crippen LogP contribution in [0.15, 0.2) is 0 Å². The molecule has 2 heteroatoms. The lowest BCUT2D eigenvalue weighted by Crippen LogP contribution is -2.48. The van der Waals surface area contributed by atoms with Crippen LogP contribution in [0.2, 0.25) is 0 Å². The van der Waals surface area contributed by atoms with Crippen molar-refractivity contribution < 1.29 is 4.39 Å². The van der Waals surface area contributed by atoms with Gasteiger partial charge >= 0.3 is 0 Å². The van der Waals surface area contributed by atoms with Gasteiger partial charge in [-0.2, -0.15) is 0 Å². The first-order valence-corrected chi connectivity index (χ1v) is 5.50. The Bertz CT molecular complexity index is 152. The first kappa shape index (κ1) is 11.0. The van der Waals surface area contributed by atoms with Crippen molar-refractivity contribution in [2.45, 2.75) is 45.7 Å². The lowest BCUT2D eigenvalue weighted by molar-refractivity contribution is 0.0323. The molecule has 0 aromatic rings. The fraction of sp³-hybridized carbons (Fsp3) is 1.00. The summed E-state index contributed by atoms with van der Waals surface area (Å²) in [6.07, 6.45) is 2.80. The van der Waals surface area contributed by atoms with Crippen LogP contribution in [0, 0.1) is 11.8 Å². The smallest absolute Gasteiger partial charge is 0.126 e. The van der Waals surface area contributed by atoms with Crippen LogP contribution in [-0.4, -0.2) is 18.8 Å². The van der Waals surface area contributed by atoms with Gasteiger partial charge in [0.25, 0.3) is 0 Å². The molecule has 0 saturated carbocycles. The molecule has 78 valence electrons. The fourth-order valence-electron chi connectivity index (χ4n) is 2.14. The molecule has 0 aliphatic carbocycles. The zero-order chi connectivity index (χ0) is 9.90. The number of nitrogens with one attached hydrogen (secondary N) is 1. The second-order valence-electron chi connectivity index (χ2n) is 4.49. The SMILES string of the molecule is CCC(C)C(C)C1(F)CCCNC1. The van der Waals surface area contributed by atoms with E-state index >= 15 is 0 Å². The summed E-state index contributed by atoms with van der Waals surface area (Å²) in [5, 5.41) is 3.16. The van der Waals surface area contributed by atoms with Crippen molar-refractivity contribution in [3.8, 4) is 0 Å². The molecule has 1 nitrogen and oxygen atoms in total. The Balaban J connectivity index is 2.55. The van der Waals surface area contributed by atoms with E-state index in [0.717, 1.165) is 25.8 Å². The normalized spacial score (nSPS) is 34.2. The maximum atomic E-state index is 14.3. The minimum Gasteiger partial charge on any atom is -0.314 e. The van der Waals surface area contributed by atoms with E-state index in [-0.39, 0.29) is 5.92 Å². The zero-order valence-electron chi connectivity index (χ0n) is 9.07. The Labute approximate surface area is 81.1 Å². The van der Waals surface area contributed by atoms with Gasteiger partial charge in [-0.15, -0.1) is 0 Å². The highest BCUT2D eigenvalue weighted by atomic mass is 19.1. The van der Waals surface area contributed by atoms with Gasteiger partial charge in [0, 0.05) is 6.54 Å². The van der Waals surface area contributed by atoms with Gasteiger partial charge in [-0.1, -0.05) is 27.2 Å². The van der Waals surface area contributed by atoms with Crippen molar-refractivity contribution in [2.75, 3.05) is 13.1 Å². The maximum absolute atomic E-state index is 14.3. The number of hydrogen-bond acceptors (Lipinski definition) is 1. The van der Waals surface area contributed by atoms with Crippen molar-refractivity contribution >= 4 is 0 Å². The molecule has 3 atom stereocenters. The third-order valence-corrected chi connectivity index (χ3v) is 3.68. The third kappa shape index (κ3) is 2.43. The van der Waals surface area contributed by atoms with Gasteiger partial charge in [0.05, 0.1) is 0 Å². The maximum Gasteiger partial charge on any atom is 0.126 e. The van der Waals surface area contributed by atoms with E-state index < -0.39 is 5.67 Å². The summed E-state index contributed by atoms with van der Waals surface area (Å²) in [6, 6.07) is 0. The van der Waals surface area contributed by atoms with Crippen molar-refractivity contribution in [2.24, 2.45) is 11.8 Å². The van der Waals surface area contributed by atoms with Crippen LogP contribution in [0.1, 0.15) is 40.0 Å². The minimum atomic E-state index is -0.951. The summed E-state index contributed by atoms with van der Waals surface area (Å²) in [5.74, 6) is 0.676. The van der Waals surface area contributed by atoms with E-state index in [2.05, 4.69) is 26.1 Å². The molecule has 3 unspecified atom stereocenters. The molecular formula is C11H22FN. The Morgan fingerprint density at radius 1 is 1.46 bits per heavy atom. The van der Waals surface area contributed by atoms with E-state index in [4.69, 9.17) is 0 Å². The van der Waals surface area contributed by atoms with Crippen LogP contribution in [0.5, 0.6) is 0 Å². The predicted molar refractivity (Wildman–Crippen MR) is 54.6 cm³/mol. The molecule has 1 N–H and O–H groups in total. The molecule has 1 saturated heterocycles. The van der Waals surface area contributed by atoms with Crippen molar-refractivity contribution in [3.63, 3.8) is 0 Å². The highest BCUT2D eigenvalue weighted by Crippen LogP contribution is 2.35. The lowest BCUT2D eigenvalue weighted by Gasteiger charge is -2.38. The van der Waals surface area contributed by atoms with Crippen LogP contribution in [-0.2, 0) is 0 Å². The van der Waals surface area contributed by atoms with E-state index in [1.165, 1.54) is 0 Å². The van der Waals surface area contributed by atoms with E-state index in [9.17, 15) is 4.39 Å². The standard InChI is InChI=1S/C11H22FN/c1-4-9(2)10(3)11(12)6-5-7-13-8-11/h9-10,13H,4-8H2,1-3H3. The van der Waals surface area contributed by atoms with Gasteiger partial charge in [0.15, 0.2) is 0 Å². The number of hydrogen-bond donors (Lipinski definition) is 1. The largest absolute Gasteiger partial charge is 0.314 e. The summed E-state index contributed by atoms with van der Waals surface area (Å²) in [5.41, 5.74) is -0.951. The Morgan fingerprint density at radius 3 is 2.62 bits per heavy atom. The second-order valence-corrected chi connectivity index (χ2v) is 4.49. The molecule has 1 rings (SSSR count). The first-order valence-electron chi connectivity index (χ1n) is 5.50. The number of halogens is 1. The lowest BCUT2D eigenvalue weighted by atomic mass is 9.76. The average molecular weight is 187 g/mol. The predicted octanol–water partition coefficient (Wildman–Crippen LogP) is 2.76. The van der Waals surface area contributed by atoms with Crippen molar-refractivity contribution in [1.29, 1.82) is 0 Å². The second kappa shape index (κ2) is 4.41. The summed E-state index contributed by atoms with van der Waals surface area (Å²) >= 11 is 0. The molecule has 1 heterocycles. The van der Waals surface area contributed by atoms with Crippen LogP contribution >= 0.6 is 0 Å². The summed E-state index contributed by atoms with van der Waals surface area (Å²) < 4.78 is 14.3. The van der Waals surface area contributed by atoms with Gasteiger partial charge in [0.1, 0.15) is 5.67 Å². The molecular weight excluding hydrogens is 165 g/mol. The Hall–Kier alpha value is -0.110. The molecule has 0 aromatic carbocycles. The molecule has 13 heavy (non-hydrogen) atoms. The van der Waals surface area contributed by atoms with Gasteiger partial charge in [-0.25, -0.2) is 4.39 Å². The molecule has 0 amide bonds. The summed E-state index contributed by atoms with van der Waals surface area (Å²) in [7, 11) is 0. The van der Waals surface area contributed by atoms with Crippen LogP contribution in [0.25, 0.3) is 0 Å². The Morgan fingerprint density at radius 2 is 2.15 bits per heavy atom. The van der Waals surface area contributed by atoms with Crippen LogP contribution in [0.4, 0.5) is 4.39 Å². The molecule has 0 aromatic heterocycles.